The van der Waals surface area contributed by atoms with Crippen molar-refractivity contribution in [2.24, 2.45) is 7.05 Å². The Hall–Kier alpha value is -1.74. The van der Waals surface area contributed by atoms with Crippen LogP contribution in [-0.4, -0.2) is 12.8 Å². The van der Waals surface area contributed by atoms with E-state index in [0.29, 0.717) is 5.75 Å². The van der Waals surface area contributed by atoms with Crippen molar-refractivity contribution in [3.8, 4) is 12.3 Å². The molecule has 26 heavy (non-hydrogen) atoms. The van der Waals surface area contributed by atoms with Gasteiger partial charge in [-0.15, -0.1) is 18.2 Å². The van der Waals surface area contributed by atoms with Crippen molar-refractivity contribution >= 4 is 45.1 Å². The molecule has 0 saturated heterocycles. The second-order valence-corrected chi connectivity index (χ2v) is 7.85. The van der Waals surface area contributed by atoms with Gasteiger partial charge in [-0.3, -0.25) is 0 Å². The number of thiazole rings is 1. The van der Waals surface area contributed by atoms with Crippen molar-refractivity contribution in [1.29, 1.82) is 0 Å². The molecule has 3 aromatic rings. The Morgan fingerprint density at radius 1 is 1.23 bits per heavy atom. The fourth-order valence-corrected chi connectivity index (χ4v) is 4.60. The largest absolute Gasteiger partial charge is 1.00 e. The summed E-state index contributed by atoms with van der Waals surface area (Å²) in [7, 11) is 4.23. The van der Waals surface area contributed by atoms with Crippen molar-refractivity contribution in [2.75, 3.05) is 17.7 Å². The van der Waals surface area contributed by atoms with Crippen LogP contribution >= 0.6 is 23.1 Å². The first-order valence-electron chi connectivity index (χ1n) is 8.06. The van der Waals surface area contributed by atoms with Gasteiger partial charge in [-0.2, -0.15) is 4.57 Å². The fourth-order valence-electron chi connectivity index (χ4n) is 2.69. The molecule has 0 aliphatic rings. The van der Waals surface area contributed by atoms with Crippen LogP contribution in [0.4, 0.5) is 5.69 Å². The SMILES string of the molecule is C#CCSc1ccccc1N(C)C(C)=Cc1sc2ccccc2[n+]1C.[Br-]. The van der Waals surface area contributed by atoms with Crippen molar-refractivity contribution in [1.82, 2.24) is 0 Å². The highest BCUT2D eigenvalue weighted by Crippen LogP contribution is 2.31. The minimum Gasteiger partial charge on any atom is -1.00 e. The first-order chi connectivity index (χ1) is 12.1. The topological polar surface area (TPSA) is 7.12 Å². The molecule has 2 aromatic carbocycles. The number of hydrogen-bond donors (Lipinski definition) is 0. The Kier molecular flexibility index (Phi) is 7.33. The lowest BCUT2D eigenvalue weighted by Gasteiger charge is -2.22. The summed E-state index contributed by atoms with van der Waals surface area (Å²) in [6.07, 6.45) is 7.66. The zero-order valence-electron chi connectivity index (χ0n) is 15.1. The van der Waals surface area contributed by atoms with Gasteiger partial charge in [0.1, 0.15) is 11.7 Å². The van der Waals surface area contributed by atoms with Crippen molar-refractivity contribution in [2.45, 2.75) is 11.8 Å². The molecule has 0 atom stereocenters. The van der Waals surface area contributed by atoms with Gasteiger partial charge in [0.2, 0.25) is 5.52 Å². The third-order valence-electron chi connectivity index (χ3n) is 4.17. The Morgan fingerprint density at radius 2 is 1.92 bits per heavy atom. The summed E-state index contributed by atoms with van der Waals surface area (Å²) >= 11 is 3.51. The Bertz CT molecular complexity index is 970. The summed E-state index contributed by atoms with van der Waals surface area (Å²) in [5.41, 5.74) is 3.63. The average Bonchev–Trinajstić information content (AvgIpc) is 2.95. The number of halogens is 1. The standard InChI is InChI=1S/C21H21N2S2.BrH/c1-5-14-24-19-12-8-6-10-17(19)22(3)16(2)15-21-23(4)18-11-7-9-13-20(18)25-21;/h1,6-13,15H,14H2,2-4H3;1H/q+1;/p-1. The number of hydrogen-bond acceptors (Lipinski definition) is 3. The van der Waals surface area contributed by atoms with Crippen LogP contribution < -0.4 is 26.4 Å². The average molecular weight is 445 g/mol. The molecule has 1 heterocycles. The Morgan fingerprint density at radius 3 is 2.65 bits per heavy atom. The molecule has 0 bridgehead atoms. The quantitative estimate of drug-likeness (QED) is 0.337. The number of terminal acetylenes is 1. The van der Waals surface area contributed by atoms with Gasteiger partial charge in [0.15, 0.2) is 0 Å². The Balaban J connectivity index is 0.00000243. The summed E-state index contributed by atoms with van der Waals surface area (Å²) in [6.45, 7) is 2.15. The van der Waals surface area contributed by atoms with E-state index in [9.17, 15) is 0 Å². The molecule has 0 fully saturated rings. The first kappa shape index (κ1) is 20.6. The van der Waals surface area contributed by atoms with Gasteiger partial charge in [0, 0.05) is 29.8 Å². The van der Waals surface area contributed by atoms with E-state index in [1.165, 1.54) is 31.5 Å². The van der Waals surface area contributed by atoms with Crippen LogP contribution in [0.5, 0.6) is 0 Å². The number of aromatic nitrogens is 1. The maximum Gasteiger partial charge on any atom is 0.264 e. The van der Waals surface area contributed by atoms with Crippen LogP contribution in [0.2, 0.25) is 0 Å². The third-order valence-corrected chi connectivity index (χ3v) is 6.30. The van der Waals surface area contributed by atoms with E-state index in [-0.39, 0.29) is 17.0 Å². The van der Waals surface area contributed by atoms with Crippen LogP contribution in [0.15, 0.2) is 59.1 Å². The second kappa shape index (κ2) is 9.27. The van der Waals surface area contributed by atoms with Crippen LogP contribution in [0.3, 0.4) is 0 Å². The van der Waals surface area contributed by atoms with Gasteiger partial charge >= 0.3 is 0 Å². The van der Waals surface area contributed by atoms with E-state index in [2.05, 4.69) is 91.0 Å². The molecule has 0 unspecified atom stereocenters. The van der Waals surface area contributed by atoms with Crippen molar-refractivity contribution in [3.05, 3.63) is 59.2 Å². The highest BCUT2D eigenvalue weighted by Gasteiger charge is 2.16. The monoisotopic (exact) mass is 444 g/mol. The second-order valence-electron chi connectivity index (χ2n) is 5.77. The van der Waals surface area contributed by atoms with Gasteiger partial charge in [-0.25, -0.2) is 0 Å². The van der Waals surface area contributed by atoms with Gasteiger partial charge in [0.25, 0.3) is 5.01 Å². The van der Waals surface area contributed by atoms with Crippen LogP contribution in [0.1, 0.15) is 11.9 Å². The molecule has 0 aliphatic carbocycles. The van der Waals surface area contributed by atoms with Crippen molar-refractivity contribution < 1.29 is 21.5 Å². The molecule has 2 nitrogen and oxygen atoms in total. The van der Waals surface area contributed by atoms with E-state index in [4.69, 9.17) is 6.42 Å². The molecule has 5 heteroatoms. The molecule has 0 N–H and O–H groups in total. The number of nitrogens with zero attached hydrogens (tertiary/aromatic N) is 2. The number of anilines is 1. The van der Waals surface area contributed by atoms with Crippen LogP contribution in [0.25, 0.3) is 16.3 Å². The van der Waals surface area contributed by atoms with E-state index >= 15 is 0 Å². The highest BCUT2D eigenvalue weighted by atomic mass is 79.9. The zero-order chi connectivity index (χ0) is 17.8. The molecule has 0 radical (unpaired) electrons. The predicted octanol–water partition coefficient (Wildman–Crippen LogP) is 1.95. The number of para-hydroxylation sites is 2. The summed E-state index contributed by atoms with van der Waals surface area (Å²) in [5.74, 6) is 3.38. The normalized spacial score (nSPS) is 11.1. The smallest absolute Gasteiger partial charge is 0.264 e. The maximum absolute atomic E-state index is 5.42. The number of benzene rings is 2. The number of fused-ring (bicyclic) bond motifs is 1. The number of rotatable bonds is 5. The lowest BCUT2D eigenvalue weighted by atomic mass is 10.2. The molecule has 3 rings (SSSR count). The van der Waals surface area contributed by atoms with Crippen LogP contribution in [0, 0.1) is 12.3 Å². The minimum atomic E-state index is 0. The molecule has 0 saturated carbocycles. The molecule has 134 valence electrons. The summed E-state index contributed by atoms with van der Waals surface area (Å²) in [5, 5.41) is 1.24. The third kappa shape index (κ3) is 4.32. The first-order valence-corrected chi connectivity index (χ1v) is 9.87. The summed E-state index contributed by atoms with van der Waals surface area (Å²) in [4.78, 5) is 3.43. The Labute approximate surface area is 174 Å². The number of allylic oxidation sites excluding steroid dienone is 1. The van der Waals surface area contributed by atoms with E-state index < -0.39 is 0 Å². The predicted molar refractivity (Wildman–Crippen MR) is 111 cm³/mol. The van der Waals surface area contributed by atoms with Gasteiger partial charge < -0.3 is 21.9 Å². The molecule has 0 spiro atoms. The fraction of sp³-hybridized carbons (Fsp3) is 0.190. The van der Waals surface area contributed by atoms with E-state index in [0.717, 1.165) is 0 Å². The molecule has 0 aliphatic heterocycles. The highest BCUT2D eigenvalue weighted by molar-refractivity contribution is 7.99. The number of aryl methyl sites for hydroxylation is 1. The zero-order valence-corrected chi connectivity index (χ0v) is 18.3. The van der Waals surface area contributed by atoms with E-state index in [1.54, 1.807) is 11.8 Å². The molecule has 1 aromatic heterocycles. The van der Waals surface area contributed by atoms with Gasteiger partial charge in [-0.1, -0.05) is 41.5 Å². The van der Waals surface area contributed by atoms with Crippen LogP contribution in [-0.2, 0) is 7.05 Å². The lowest BCUT2D eigenvalue weighted by molar-refractivity contribution is -0.642. The minimum absolute atomic E-state index is 0. The summed E-state index contributed by atoms with van der Waals surface area (Å²) < 4.78 is 3.55. The molecule has 0 amide bonds. The molecular formula is C21H21BrN2S2. The van der Waals surface area contributed by atoms with Gasteiger partial charge in [-0.05, 0) is 25.1 Å². The lowest BCUT2D eigenvalue weighted by Crippen LogP contribution is -3.00. The van der Waals surface area contributed by atoms with Crippen molar-refractivity contribution in [3.63, 3.8) is 0 Å². The number of thioether (sulfide) groups is 1. The molecular weight excluding hydrogens is 424 g/mol. The van der Waals surface area contributed by atoms with E-state index in [1.807, 2.05) is 11.3 Å². The maximum atomic E-state index is 5.42. The summed E-state index contributed by atoms with van der Waals surface area (Å²) in [6, 6.07) is 16.9. The van der Waals surface area contributed by atoms with Gasteiger partial charge in [0.05, 0.1) is 11.4 Å².